The molecule has 4 aliphatic rings. The summed E-state index contributed by atoms with van der Waals surface area (Å²) < 4.78 is 34.1. The third-order valence-electron chi connectivity index (χ3n) is 10.5. The number of carbonyl (C=O) groups excluding carboxylic acids is 3. The molecule has 324 valence electrons. The van der Waals surface area contributed by atoms with Crippen LogP contribution in [0.25, 0.3) is 0 Å². The molecule has 0 saturated carbocycles. The molecule has 21 atom stereocenters. The van der Waals surface area contributed by atoms with Crippen LogP contribution in [0.3, 0.4) is 0 Å². The molecule has 56 heavy (non-hydrogen) atoms. The number of aliphatic hydroxyl groups is 12. The molecule has 4 rings (SSSR count). The molecule has 0 aliphatic carbocycles. The number of hydrogen-bond acceptors (Lipinski definition) is 22. The van der Waals surface area contributed by atoms with E-state index in [4.69, 9.17) is 28.4 Å². The molecule has 0 aromatic carbocycles. The second-order valence-corrected chi connectivity index (χ2v) is 14.5. The maximum Gasteiger partial charge on any atom is 0.217 e. The van der Waals surface area contributed by atoms with Crippen LogP contribution in [0.5, 0.6) is 0 Å². The number of nitrogens with one attached hydrogen (secondary N) is 2. The number of ether oxygens (including phenoxy) is 6. The van der Waals surface area contributed by atoms with E-state index in [1.807, 2.05) is 0 Å². The van der Waals surface area contributed by atoms with E-state index >= 15 is 0 Å². The number of aliphatic hydroxyl groups excluding tert-OH is 12. The van der Waals surface area contributed by atoms with Crippen molar-refractivity contribution in [3.05, 3.63) is 0 Å². The van der Waals surface area contributed by atoms with E-state index in [1.54, 1.807) is 0 Å². The Kier molecular flexibility index (Phi) is 15.9. The zero-order valence-corrected chi connectivity index (χ0v) is 30.5. The monoisotopic (exact) mass is 817 g/mol. The highest BCUT2D eigenvalue weighted by Crippen LogP contribution is 2.40. The van der Waals surface area contributed by atoms with Crippen LogP contribution in [0, 0.1) is 5.92 Å². The number of hydrogen-bond donors (Lipinski definition) is 14. The molecule has 4 heterocycles. The van der Waals surface area contributed by atoms with E-state index in [0.29, 0.717) is 0 Å². The highest BCUT2D eigenvalue weighted by atomic mass is 16.8. The van der Waals surface area contributed by atoms with E-state index in [2.05, 4.69) is 10.6 Å². The van der Waals surface area contributed by atoms with Gasteiger partial charge in [0.05, 0.1) is 56.3 Å². The Hall–Kier alpha value is -2.31. The topological polar surface area (TPSA) is 396 Å². The lowest BCUT2D eigenvalue weighted by Crippen LogP contribution is -2.72. The average molecular weight is 818 g/mol. The summed E-state index contributed by atoms with van der Waals surface area (Å²) in [6.45, 7) is 0.487. The Morgan fingerprint density at radius 2 is 1.39 bits per heavy atom. The molecule has 2 amide bonds. The fourth-order valence-corrected chi connectivity index (χ4v) is 7.58. The van der Waals surface area contributed by atoms with Crippen LogP contribution >= 0.6 is 0 Å². The fourth-order valence-electron chi connectivity index (χ4n) is 7.58. The molecule has 0 aromatic heterocycles. The lowest BCUT2D eigenvalue weighted by Gasteiger charge is -2.53. The number of carboxylic acids is 1. The van der Waals surface area contributed by atoms with Crippen molar-refractivity contribution in [2.75, 3.05) is 19.8 Å². The Bertz CT molecular complexity index is 1330. The van der Waals surface area contributed by atoms with E-state index in [9.17, 15) is 80.8 Å². The van der Waals surface area contributed by atoms with Gasteiger partial charge in [-0.1, -0.05) is 0 Å². The molecule has 14 N–H and O–H groups in total. The SMILES string of the molecule is CC(=O)NC1C(O)OC(CO)C(OC2OC(CO)C(O)C(OC3(C(=O)[O-])CC(O)C(NC(C)=O)C([C@H](O)[C@@H](O)CO)O3)C2O)C1CC1OC(C)C(O)C(O)C1O. The number of carbonyl (C=O) groups is 3. The lowest BCUT2D eigenvalue weighted by molar-refractivity contribution is -0.410. The summed E-state index contributed by atoms with van der Waals surface area (Å²) in [5.41, 5.74) is 0. The summed E-state index contributed by atoms with van der Waals surface area (Å²) in [5.74, 6) is -8.20. The van der Waals surface area contributed by atoms with Crippen molar-refractivity contribution >= 4 is 17.8 Å². The molecular weight excluding hydrogens is 764 g/mol. The maximum absolute atomic E-state index is 12.8. The van der Waals surface area contributed by atoms with Gasteiger partial charge in [0.25, 0.3) is 0 Å². The smallest absolute Gasteiger partial charge is 0.217 e. The van der Waals surface area contributed by atoms with Gasteiger partial charge in [-0.05, 0) is 13.3 Å². The molecule has 0 radical (unpaired) electrons. The first-order chi connectivity index (χ1) is 26.2. The lowest BCUT2D eigenvalue weighted by atomic mass is 9.80. The van der Waals surface area contributed by atoms with Crippen molar-refractivity contribution in [3.8, 4) is 0 Å². The van der Waals surface area contributed by atoms with Gasteiger partial charge in [0.1, 0.15) is 73.1 Å². The van der Waals surface area contributed by atoms with Crippen LogP contribution in [0.15, 0.2) is 0 Å². The molecule has 24 nitrogen and oxygen atoms in total. The molecule has 4 fully saturated rings. The summed E-state index contributed by atoms with van der Waals surface area (Å²) in [5, 5.41) is 144. The Morgan fingerprint density at radius 1 is 0.786 bits per heavy atom. The largest absolute Gasteiger partial charge is 0.544 e. The van der Waals surface area contributed by atoms with Gasteiger partial charge in [0.15, 0.2) is 12.6 Å². The summed E-state index contributed by atoms with van der Waals surface area (Å²) in [6, 6.07) is -3.02. The Labute approximate surface area is 319 Å². The molecule has 0 aromatic rings. The van der Waals surface area contributed by atoms with Crippen LogP contribution in [0.4, 0.5) is 0 Å². The van der Waals surface area contributed by atoms with Crippen LogP contribution in [-0.2, 0) is 42.8 Å². The van der Waals surface area contributed by atoms with Crippen LogP contribution in [-0.4, -0.2) is 221 Å². The van der Waals surface area contributed by atoms with E-state index in [0.717, 1.165) is 13.8 Å². The molecule has 19 unspecified atom stereocenters. The third-order valence-corrected chi connectivity index (χ3v) is 10.5. The van der Waals surface area contributed by atoms with Crippen molar-refractivity contribution < 1.29 is 109 Å². The number of carboxylic acid groups (broad SMARTS) is 1. The van der Waals surface area contributed by atoms with Gasteiger partial charge in [0, 0.05) is 26.2 Å². The number of aliphatic carboxylic acids is 1. The fraction of sp³-hybridized carbons (Fsp3) is 0.906. The number of rotatable bonds is 14. The molecule has 0 bridgehead atoms. The predicted molar refractivity (Wildman–Crippen MR) is 173 cm³/mol. The minimum Gasteiger partial charge on any atom is -0.544 e. The van der Waals surface area contributed by atoms with Gasteiger partial charge >= 0.3 is 0 Å². The van der Waals surface area contributed by atoms with E-state index < -0.39 is 178 Å². The van der Waals surface area contributed by atoms with E-state index in [1.165, 1.54) is 6.92 Å². The zero-order chi connectivity index (χ0) is 42.0. The zero-order valence-electron chi connectivity index (χ0n) is 30.5. The van der Waals surface area contributed by atoms with Crippen LogP contribution in [0.1, 0.15) is 33.6 Å². The standard InChI is InChI=1S/C32H54N2O22/c1-9-20(42)24(46)22(44)15(51-9)4-12-18(33-10(2)38)29(48)52-17(8-37)26(12)54-30-25(47)28(23(45)16(7-36)53-30)56-32(31(49)50)5-13(40)19(34-11(3)39)27(55-32)21(43)14(41)6-35/h9,12-30,35-37,40-48H,4-8H2,1-3H3,(H,33,38)(H,34,39)(H,49,50)/p-1/t9?,12?,13?,14-,15?,16?,17?,18?,19?,20?,21+,22?,23?,24?,25?,26?,27?,28?,29?,30?,32?/m0/s1. The van der Waals surface area contributed by atoms with E-state index in [-0.39, 0.29) is 0 Å². The van der Waals surface area contributed by atoms with Crippen molar-refractivity contribution in [2.24, 2.45) is 5.92 Å². The van der Waals surface area contributed by atoms with Gasteiger partial charge in [0.2, 0.25) is 17.6 Å². The maximum atomic E-state index is 12.8. The highest BCUT2D eigenvalue weighted by molar-refractivity contribution is 5.75. The quantitative estimate of drug-likeness (QED) is 0.0774. The average Bonchev–Trinajstić information content (AvgIpc) is 3.14. The van der Waals surface area contributed by atoms with Gasteiger partial charge in [-0.2, -0.15) is 0 Å². The number of amides is 2. The first kappa shape index (κ1) is 46.4. The minimum atomic E-state index is -3.20. The molecule has 0 spiro atoms. The van der Waals surface area contributed by atoms with Gasteiger partial charge in [-0.3, -0.25) is 9.59 Å². The second kappa shape index (κ2) is 19.2. The summed E-state index contributed by atoms with van der Waals surface area (Å²) >= 11 is 0. The normalized spacial score (nSPS) is 45.7. The molecule has 24 heteroatoms. The predicted octanol–water partition coefficient (Wildman–Crippen LogP) is -9.90. The van der Waals surface area contributed by atoms with Crippen LogP contribution < -0.4 is 15.7 Å². The summed E-state index contributed by atoms with van der Waals surface area (Å²) in [6.07, 6.45) is -32.3. The highest BCUT2D eigenvalue weighted by Gasteiger charge is 2.58. The Morgan fingerprint density at radius 3 is 1.95 bits per heavy atom. The van der Waals surface area contributed by atoms with Gasteiger partial charge in [-0.15, -0.1) is 0 Å². The Balaban J connectivity index is 1.71. The summed E-state index contributed by atoms with van der Waals surface area (Å²) in [7, 11) is 0. The first-order valence-corrected chi connectivity index (χ1v) is 17.9. The second-order valence-electron chi connectivity index (χ2n) is 14.5. The molecule has 4 aliphatic heterocycles. The molecule has 4 saturated heterocycles. The van der Waals surface area contributed by atoms with Crippen molar-refractivity contribution in [1.82, 2.24) is 10.6 Å². The van der Waals surface area contributed by atoms with Gasteiger partial charge < -0.3 is 110 Å². The molecular formula is C32H53N2O22-. The third kappa shape index (κ3) is 9.75. The summed E-state index contributed by atoms with van der Waals surface area (Å²) in [4.78, 5) is 36.9. The van der Waals surface area contributed by atoms with Gasteiger partial charge in [-0.25, -0.2) is 0 Å². The van der Waals surface area contributed by atoms with Crippen molar-refractivity contribution in [2.45, 2.75) is 156 Å². The first-order valence-electron chi connectivity index (χ1n) is 17.9. The van der Waals surface area contributed by atoms with Crippen LogP contribution in [0.2, 0.25) is 0 Å². The van der Waals surface area contributed by atoms with Crippen molar-refractivity contribution in [1.29, 1.82) is 0 Å². The van der Waals surface area contributed by atoms with Crippen molar-refractivity contribution in [3.63, 3.8) is 0 Å². The minimum absolute atomic E-state index is 0.394.